The number of aryl methyl sites for hydroxylation is 1. The Balaban J connectivity index is 1.82. The minimum atomic E-state index is 0.435. The average molecular weight is 337 g/mol. The van der Waals surface area contributed by atoms with E-state index in [0.717, 1.165) is 16.6 Å². The highest BCUT2D eigenvalue weighted by Gasteiger charge is 2.16. The van der Waals surface area contributed by atoms with Crippen molar-refractivity contribution in [2.24, 2.45) is 0 Å². The highest BCUT2D eigenvalue weighted by Crippen LogP contribution is 2.33. The van der Waals surface area contributed by atoms with Crippen molar-refractivity contribution in [1.29, 1.82) is 0 Å². The first-order valence-electron chi connectivity index (χ1n) is 7.41. The second-order valence-corrected chi connectivity index (χ2v) is 5.87. The molecule has 0 saturated carbocycles. The molecule has 0 amide bonds. The van der Waals surface area contributed by atoms with Crippen LogP contribution in [-0.2, 0) is 0 Å². The van der Waals surface area contributed by atoms with Gasteiger partial charge in [0.25, 0.3) is 5.71 Å². The number of nitrogens with one attached hydrogen (secondary N) is 1. The van der Waals surface area contributed by atoms with Crippen LogP contribution in [0, 0.1) is 6.92 Å². The lowest BCUT2D eigenvalue weighted by molar-refractivity contribution is 0.451. The van der Waals surface area contributed by atoms with E-state index in [0.29, 0.717) is 22.2 Å². The van der Waals surface area contributed by atoms with Crippen molar-refractivity contribution in [3.8, 4) is 11.3 Å². The summed E-state index contributed by atoms with van der Waals surface area (Å²) >= 11 is 5.96. The zero-order chi connectivity index (χ0) is 16.5. The van der Waals surface area contributed by atoms with E-state index in [1.54, 1.807) is 0 Å². The van der Waals surface area contributed by atoms with Gasteiger partial charge in [-0.05, 0) is 31.2 Å². The minimum absolute atomic E-state index is 0.435. The largest absolute Gasteiger partial charge is 0.339 e. The number of hydrogen-bond acceptors (Lipinski definition) is 5. The van der Waals surface area contributed by atoms with Gasteiger partial charge in [-0.2, -0.15) is 4.98 Å². The molecule has 0 aliphatic rings. The molecule has 0 spiro atoms. The summed E-state index contributed by atoms with van der Waals surface area (Å²) < 4.78 is 5.36. The normalized spacial score (nSPS) is 10.9. The summed E-state index contributed by atoms with van der Waals surface area (Å²) in [5, 5.41) is 8.86. The Morgan fingerprint density at radius 2 is 1.71 bits per heavy atom. The summed E-state index contributed by atoms with van der Waals surface area (Å²) in [5.74, 6) is 0.648. The molecule has 2 heterocycles. The molecule has 118 valence electrons. The van der Waals surface area contributed by atoms with E-state index in [-0.39, 0.29) is 0 Å². The molecule has 2 aromatic heterocycles. The highest BCUT2D eigenvalue weighted by atomic mass is 35.5. The summed E-state index contributed by atoms with van der Waals surface area (Å²) in [6.45, 7) is 2.05. The molecule has 0 radical (unpaired) electrons. The lowest BCUT2D eigenvalue weighted by Crippen LogP contribution is -1.95. The molecule has 0 aliphatic carbocycles. The maximum atomic E-state index is 5.96. The number of anilines is 2. The molecule has 5 nitrogen and oxygen atoms in total. The van der Waals surface area contributed by atoms with Crippen molar-refractivity contribution < 1.29 is 4.52 Å². The Bertz CT molecular complexity index is 994. The predicted molar refractivity (Wildman–Crippen MR) is 94.5 cm³/mol. The number of hydrogen-bond donors (Lipinski definition) is 1. The molecule has 4 aromatic rings. The second kappa shape index (κ2) is 5.94. The highest BCUT2D eigenvalue weighted by molar-refractivity contribution is 6.30. The molecule has 0 aliphatic heterocycles. The number of rotatable bonds is 3. The molecule has 0 saturated heterocycles. The third-order valence-corrected chi connectivity index (χ3v) is 3.96. The van der Waals surface area contributed by atoms with Crippen molar-refractivity contribution in [2.45, 2.75) is 6.92 Å². The molecule has 0 atom stereocenters. The first-order valence-corrected chi connectivity index (χ1v) is 7.78. The van der Waals surface area contributed by atoms with E-state index in [1.165, 1.54) is 11.9 Å². The molecule has 0 fully saturated rings. The maximum Gasteiger partial charge on any atom is 0.263 e. The quantitative estimate of drug-likeness (QED) is 0.571. The first kappa shape index (κ1) is 14.7. The summed E-state index contributed by atoms with van der Waals surface area (Å²) in [6, 6.07) is 15.5. The van der Waals surface area contributed by atoms with Crippen molar-refractivity contribution in [3.63, 3.8) is 0 Å². The number of halogens is 1. The molecule has 2 aromatic carbocycles. The van der Waals surface area contributed by atoms with Gasteiger partial charge < -0.3 is 9.84 Å². The van der Waals surface area contributed by atoms with Crippen LogP contribution in [0.25, 0.3) is 22.4 Å². The van der Waals surface area contributed by atoms with Crippen LogP contribution in [0.15, 0.2) is 59.4 Å². The van der Waals surface area contributed by atoms with Crippen molar-refractivity contribution >= 4 is 34.2 Å². The van der Waals surface area contributed by atoms with Crippen molar-refractivity contribution in [2.75, 3.05) is 5.32 Å². The maximum absolute atomic E-state index is 5.96. The van der Waals surface area contributed by atoms with E-state index in [9.17, 15) is 0 Å². The molecule has 24 heavy (non-hydrogen) atoms. The topological polar surface area (TPSA) is 63.8 Å². The summed E-state index contributed by atoms with van der Waals surface area (Å²) in [7, 11) is 0. The van der Waals surface area contributed by atoms with Crippen LogP contribution >= 0.6 is 11.6 Å². The van der Waals surface area contributed by atoms with Gasteiger partial charge in [-0.1, -0.05) is 46.6 Å². The Hall–Kier alpha value is -2.92. The second-order valence-electron chi connectivity index (χ2n) is 5.43. The van der Waals surface area contributed by atoms with Gasteiger partial charge in [0.15, 0.2) is 0 Å². The third kappa shape index (κ3) is 2.70. The van der Waals surface area contributed by atoms with Gasteiger partial charge in [0, 0.05) is 16.3 Å². The van der Waals surface area contributed by atoms with Gasteiger partial charge in [-0.15, -0.1) is 0 Å². The van der Waals surface area contributed by atoms with E-state index in [1.807, 2.05) is 55.5 Å². The Morgan fingerprint density at radius 3 is 2.46 bits per heavy atom. The molecule has 4 rings (SSSR count). The van der Waals surface area contributed by atoms with Gasteiger partial charge in [0.1, 0.15) is 23.2 Å². The lowest BCUT2D eigenvalue weighted by Gasteiger charge is -2.07. The minimum Gasteiger partial charge on any atom is -0.339 e. The molecule has 0 bridgehead atoms. The van der Waals surface area contributed by atoms with Gasteiger partial charge in [-0.3, -0.25) is 0 Å². The van der Waals surface area contributed by atoms with Gasteiger partial charge >= 0.3 is 0 Å². The summed E-state index contributed by atoms with van der Waals surface area (Å²) in [6.07, 6.45) is 1.45. The number of benzene rings is 2. The van der Waals surface area contributed by atoms with Crippen molar-refractivity contribution in [3.05, 3.63) is 65.4 Å². The molecule has 1 N–H and O–H groups in total. The summed E-state index contributed by atoms with van der Waals surface area (Å²) in [4.78, 5) is 8.51. The third-order valence-electron chi connectivity index (χ3n) is 3.70. The van der Waals surface area contributed by atoms with E-state index in [2.05, 4.69) is 20.4 Å². The lowest BCUT2D eigenvalue weighted by atomic mass is 10.1. The fraction of sp³-hybridized carbons (Fsp3) is 0.0556. The zero-order valence-corrected chi connectivity index (χ0v) is 13.6. The van der Waals surface area contributed by atoms with Gasteiger partial charge in [0.05, 0.1) is 0 Å². The van der Waals surface area contributed by atoms with Crippen LogP contribution in [-0.4, -0.2) is 15.1 Å². The fourth-order valence-corrected chi connectivity index (χ4v) is 2.59. The smallest absolute Gasteiger partial charge is 0.263 e. The monoisotopic (exact) mass is 336 g/mol. The summed E-state index contributed by atoms with van der Waals surface area (Å²) in [5.41, 5.74) is 4.13. The molecular weight excluding hydrogens is 324 g/mol. The Labute approximate surface area is 143 Å². The van der Waals surface area contributed by atoms with Crippen LogP contribution in [0.5, 0.6) is 0 Å². The molecular formula is C18H13ClN4O. The van der Waals surface area contributed by atoms with Crippen LogP contribution in [0.4, 0.5) is 11.5 Å². The molecule has 6 heteroatoms. The van der Waals surface area contributed by atoms with Gasteiger partial charge in [0.2, 0.25) is 0 Å². The first-order chi connectivity index (χ1) is 11.7. The van der Waals surface area contributed by atoms with E-state index in [4.69, 9.17) is 16.1 Å². The van der Waals surface area contributed by atoms with Crippen LogP contribution in [0.1, 0.15) is 5.56 Å². The Morgan fingerprint density at radius 1 is 0.958 bits per heavy atom. The van der Waals surface area contributed by atoms with Crippen molar-refractivity contribution in [1.82, 2.24) is 15.1 Å². The fourth-order valence-electron chi connectivity index (χ4n) is 2.46. The van der Waals surface area contributed by atoms with Crippen LogP contribution in [0.2, 0.25) is 5.02 Å². The van der Waals surface area contributed by atoms with E-state index < -0.39 is 0 Å². The average Bonchev–Trinajstić information content (AvgIpc) is 3.03. The standard InChI is InChI=1S/C18H13ClN4O/c1-11-2-8-14(9-3-11)22-17-15-16(12-4-6-13(19)7-5-12)23-24-18(15)21-10-20-17/h2-10H,1H3,(H,20,21,22). The molecule has 0 unspecified atom stereocenters. The number of aromatic nitrogens is 3. The van der Waals surface area contributed by atoms with Crippen LogP contribution in [0.3, 0.4) is 0 Å². The van der Waals surface area contributed by atoms with E-state index >= 15 is 0 Å². The van der Waals surface area contributed by atoms with Crippen LogP contribution < -0.4 is 5.32 Å². The SMILES string of the molecule is Cc1ccc(Nc2ncnc3onc(-c4ccc(Cl)cc4)c23)cc1. The number of fused-ring (bicyclic) bond motifs is 1. The zero-order valence-electron chi connectivity index (χ0n) is 12.8. The van der Waals surface area contributed by atoms with Gasteiger partial charge in [-0.25, -0.2) is 4.98 Å². The number of nitrogens with zero attached hydrogens (tertiary/aromatic N) is 3. The predicted octanol–water partition coefficient (Wildman–Crippen LogP) is 4.99. The Kier molecular flexibility index (Phi) is 3.63.